The molecule has 0 radical (unpaired) electrons. The van der Waals surface area contributed by atoms with E-state index in [0.717, 1.165) is 12.8 Å². The maximum Gasteiger partial charge on any atom is 0.240 e. The number of rotatable bonds is 5. The van der Waals surface area contributed by atoms with E-state index in [-0.39, 0.29) is 22.2 Å². The Bertz CT molecular complexity index is 815. The van der Waals surface area contributed by atoms with Crippen molar-refractivity contribution in [2.75, 3.05) is 5.32 Å². The summed E-state index contributed by atoms with van der Waals surface area (Å²) in [6.45, 7) is 0. The summed E-state index contributed by atoms with van der Waals surface area (Å²) in [5.41, 5.74) is -0.115. The smallest absolute Gasteiger partial charge is 0.240 e. The van der Waals surface area contributed by atoms with Crippen LogP contribution in [0.5, 0.6) is 0 Å². The summed E-state index contributed by atoms with van der Waals surface area (Å²) in [5, 5.41) is 29.0. The third-order valence-electron chi connectivity index (χ3n) is 2.92. The Balaban J connectivity index is 2.20. The van der Waals surface area contributed by atoms with Gasteiger partial charge in [-0.15, -0.1) is 0 Å². The second-order valence-corrected chi connectivity index (χ2v) is 6.34. The van der Waals surface area contributed by atoms with E-state index < -0.39 is 10.0 Å². The highest BCUT2D eigenvalue weighted by atomic mass is 32.2. The molecular formula is C14H11N5O2S. The Labute approximate surface area is 128 Å². The first-order valence-corrected chi connectivity index (χ1v) is 7.82. The molecule has 2 rings (SSSR count). The van der Waals surface area contributed by atoms with Crippen molar-refractivity contribution in [3.63, 3.8) is 0 Å². The van der Waals surface area contributed by atoms with Crippen LogP contribution in [-0.4, -0.2) is 14.5 Å². The average molecular weight is 313 g/mol. The van der Waals surface area contributed by atoms with Gasteiger partial charge in [0.15, 0.2) is 5.57 Å². The van der Waals surface area contributed by atoms with Gasteiger partial charge in [-0.25, -0.2) is 13.1 Å². The lowest BCUT2D eigenvalue weighted by atomic mass is 10.2. The van der Waals surface area contributed by atoms with Gasteiger partial charge in [-0.3, -0.25) is 0 Å². The molecule has 8 heteroatoms. The molecule has 0 bridgehead atoms. The minimum absolute atomic E-state index is 0.0183. The zero-order valence-electron chi connectivity index (χ0n) is 11.4. The largest absolute Gasteiger partial charge is 0.345 e. The molecule has 1 aromatic carbocycles. The van der Waals surface area contributed by atoms with Crippen molar-refractivity contribution in [3.05, 3.63) is 35.5 Å². The summed E-state index contributed by atoms with van der Waals surface area (Å²) < 4.78 is 26.5. The van der Waals surface area contributed by atoms with Gasteiger partial charge >= 0.3 is 0 Å². The molecule has 1 saturated carbocycles. The number of benzene rings is 1. The molecule has 1 aromatic rings. The van der Waals surface area contributed by atoms with Gasteiger partial charge in [0.05, 0.1) is 4.90 Å². The number of nitriles is 3. The molecule has 0 aliphatic heterocycles. The minimum Gasteiger partial charge on any atom is -0.345 e. The van der Waals surface area contributed by atoms with Crippen molar-refractivity contribution in [1.29, 1.82) is 15.8 Å². The summed E-state index contributed by atoms with van der Waals surface area (Å²) in [7, 11) is -3.53. The molecule has 0 saturated heterocycles. The van der Waals surface area contributed by atoms with Gasteiger partial charge in [-0.05, 0) is 37.1 Å². The van der Waals surface area contributed by atoms with E-state index >= 15 is 0 Å². The second-order valence-electron chi connectivity index (χ2n) is 4.63. The second kappa shape index (κ2) is 6.28. The number of sulfonamides is 1. The monoisotopic (exact) mass is 313 g/mol. The van der Waals surface area contributed by atoms with Crippen LogP contribution in [0.3, 0.4) is 0 Å². The molecule has 2 N–H and O–H groups in total. The van der Waals surface area contributed by atoms with Gasteiger partial charge < -0.3 is 5.32 Å². The molecule has 1 fully saturated rings. The van der Waals surface area contributed by atoms with Crippen LogP contribution >= 0.6 is 0 Å². The summed E-state index contributed by atoms with van der Waals surface area (Å²) in [4.78, 5) is 0.119. The lowest BCUT2D eigenvalue weighted by Crippen LogP contribution is -2.25. The van der Waals surface area contributed by atoms with Crippen molar-refractivity contribution in [2.45, 2.75) is 23.8 Å². The third-order valence-corrected chi connectivity index (χ3v) is 4.45. The van der Waals surface area contributed by atoms with E-state index in [1.807, 2.05) is 0 Å². The maximum absolute atomic E-state index is 12.0. The fourth-order valence-corrected chi connectivity index (χ4v) is 2.94. The fourth-order valence-electron chi connectivity index (χ4n) is 1.63. The van der Waals surface area contributed by atoms with Crippen LogP contribution in [0, 0.1) is 34.0 Å². The molecule has 0 atom stereocenters. The lowest BCUT2D eigenvalue weighted by molar-refractivity contribution is 0.581. The highest BCUT2D eigenvalue weighted by Crippen LogP contribution is 2.23. The SMILES string of the molecule is N#CC(C#N)=C(C#N)Nc1ccc(S(=O)(=O)NC2CC2)cc1. The normalized spacial score (nSPS) is 13.3. The standard InChI is InChI=1S/C14H11N5O2S/c15-7-10(8-16)14(9-17)18-11-3-5-13(6-4-11)22(20,21)19-12-1-2-12/h3-6,12,18-19H,1-2H2. The van der Waals surface area contributed by atoms with Crippen LogP contribution in [0.4, 0.5) is 5.69 Å². The summed E-state index contributed by atoms with van der Waals surface area (Å²) in [6, 6.07) is 10.7. The van der Waals surface area contributed by atoms with Gasteiger partial charge in [-0.1, -0.05) is 0 Å². The van der Waals surface area contributed by atoms with Crippen molar-refractivity contribution >= 4 is 15.7 Å². The van der Waals surface area contributed by atoms with Gasteiger partial charge in [0, 0.05) is 11.7 Å². The van der Waals surface area contributed by atoms with E-state index in [9.17, 15) is 8.42 Å². The summed E-state index contributed by atoms with van der Waals surface area (Å²) >= 11 is 0. The predicted molar refractivity (Wildman–Crippen MR) is 77.3 cm³/mol. The molecule has 110 valence electrons. The van der Waals surface area contributed by atoms with E-state index in [0.29, 0.717) is 5.69 Å². The maximum atomic E-state index is 12.0. The molecule has 1 aliphatic carbocycles. The molecule has 0 spiro atoms. The average Bonchev–Trinajstić information content (AvgIpc) is 3.31. The van der Waals surface area contributed by atoms with E-state index in [2.05, 4.69) is 10.0 Å². The topological polar surface area (TPSA) is 130 Å². The molecule has 22 heavy (non-hydrogen) atoms. The van der Waals surface area contributed by atoms with Crippen LogP contribution in [0.1, 0.15) is 12.8 Å². The van der Waals surface area contributed by atoms with Gasteiger partial charge in [-0.2, -0.15) is 15.8 Å². The van der Waals surface area contributed by atoms with Crippen LogP contribution in [0.15, 0.2) is 40.4 Å². The molecule has 0 aromatic heterocycles. The third kappa shape index (κ3) is 3.62. The molecule has 7 nitrogen and oxygen atoms in total. The van der Waals surface area contributed by atoms with Crippen LogP contribution < -0.4 is 10.0 Å². The van der Waals surface area contributed by atoms with Crippen LogP contribution in [0.25, 0.3) is 0 Å². The highest BCUT2D eigenvalue weighted by molar-refractivity contribution is 7.89. The molecule has 0 amide bonds. The number of allylic oxidation sites excluding steroid dienone is 2. The van der Waals surface area contributed by atoms with Gasteiger partial charge in [0.2, 0.25) is 10.0 Å². The Kier molecular flexibility index (Phi) is 4.43. The minimum atomic E-state index is -3.53. The number of anilines is 1. The Morgan fingerprint density at radius 2 is 1.64 bits per heavy atom. The van der Waals surface area contributed by atoms with Crippen LogP contribution in [0.2, 0.25) is 0 Å². The van der Waals surface area contributed by atoms with Gasteiger partial charge in [0.25, 0.3) is 0 Å². The fraction of sp³-hybridized carbons (Fsp3) is 0.214. The molecule has 0 unspecified atom stereocenters. The molecule has 0 heterocycles. The van der Waals surface area contributed by atoms with Crippen molar-refractivity contribution < 1.29 is 8.42 Å². The van der Waals surface area contributed by atoms with E-state index in [1.165, 1.54) is 24.3 Å². The number of hydrogen-bond acceptors (Lipinski definition) is 6. The number of nitrogens with zero attached hydrogens (tertiary/aromatic N) is 3. The predicted octanol–water partition coefficient (Wildman–Crippen LogP) is 1.36. The van der Waals surface area contributed by atoms with E-state index in [1.54, 1.807) is 18.2 Å². The first-order chi connectivity index (χ1) is 10.5. The Hall–Kier alpha value is -2.86. The summed E-state index contributed by atoms with van der Waals surface area (Å²) in [5.74, 6) is 0. The first kappa shape index (κ1) is 15.5. The number of hydrogen-bond donors (Lipinski definition) is 2. The first-order valence-electron chi connectivity index (χ1n) is 6.34. The highest BCUT2D eigenvalue weighted by Gasteiger charge is 2.27. The number of nitrogens with one attached hydrogen (secondary N) is 2. The zero-order valence-corrected chi connectivity index (χ0v) is 12.2. The van der Waals surface area contributed by atoms with E-state index in [4.69, 9.17) is 15.8 Å². The quantitative estimate of drug-likeness (QED) is 0.789. The van der Waals surface area contributed by atoms with Crippen molar-refractivity contribution in [3.8, 4) is 18.2 Å². The Morgan fingerprint density at radius 1 is 1.05 bits per heavy atom. The van der Waals surface area contributed by atoms with Gasteiger partial charge in [0.1, 0.15) is 23.9 Å². The molecule has 1 aliphatic rings. The van der Waals surface area contributed by atoms with Crippen molar-refractivity contribution in [2.24, 2.45) is 0 Å². The Morgan fingerprint density at radius 3 is 2.09 bits per heavy atom. The summed E-state index contributed by atoms with van der Waals surface area (Å²) in [6.07, 6.45) is 1.70. The van der Waals surface area contributed by atoms with Crippen LogP contribution in [-0.2, 0) is 10.0 Å². The van der Waals surface area contributed by atoms with Crippen molar-refractivity contribution in [1.82, 2.24) is 4.72 Å². The zero-order chi connectivity index (χ0) is 16.2. The molecular weight excluding hydrogens is 302 g/mol. The lowest BCUT2D eigenvalue weighted by Gasteiger charge is -2.08.